The van der Waals surface area contributed by atoms with Gasteiger partial charge in [-0.25, -0.2) is 4.98 Å². The van der Waals surface area contributed by atoms with E-state index in [1.165, 1.54) is 12.5 Å². The molecule has 2 aromatic carbocycles. The molecule has 2 aliphatic heterocycles. The van der Waals surface area contributed by atoms with Crippen molar-refractivity contribution in [2.45, 2.75) is 65.0 Å². The topological polar surface area (TPSA) is 39.5 Å². The average molecular weight is 444 g/mol. The summed E-state index contributed by atoms with van der Waals surface area (Å²) in [6.45, 7) is 7.33. The molecule has 5 nitrogen and oxygen atoms in total. The van der Waals surface area contributed by atoms with Crippen molar-refractivity contribution in [1.82, 2.24) is 9.55 Å². The lowest BCUT2D eigenvalue weighted by atomic mass is 9.93. The molecule has 1 atom stereocenters. The SMILES string of the molecule is CCC(CC)c1ccc(Cl)c2nc3n(c12)CCCCN3c1cccc2c1OC(C)(F)O2. The van der Waals surface area contributed by atoms with E-state index in [1.807, 2.05) is 18.2 Å². The summed E-state index contributed by atoms with van der Waals surface area (Å²) in [5, 5.41) is 0.652. The lowest BCUT2D eigenvalue weighted by molar-refractivity contribution is -0.173. The Morgan fingerprint density at radius 3 is 2.68 bits per heavy atom. The standard InChI is InChI=1S/C24H27ClFN3O2/c1-4-15(5-2)16-11-12-17(25)20-21(16)29-14-7-6-13-28(23(29)27-20)18-9-8-10-19-22(18)31-24(3,26)30-19/h8-12,15H,4-7,13-14H2,1-3H3. The molecule has 0 fully saturated rings. The third kappa shape index (κ3) is 3.32. The molecule has 0 N–H and O–H groups in total. The van der Waals surface area contributed by atoms with Gasteiger partial charge in [0.15, 0.2) is 11.5 Å². The number of hydrogen-bond donors (Lipinski definition) is 0. The van der Waals surface area contributed by atoms with Crippen molar-refractivity contribution in [3.05, 3.63) is 40.9 Å². The molecule has 0 spiro atoms. The predicted molar refractivity (Wildman–Crippen MR) is 122 cm³/mol. The zero-order valence-corrected chi connectivity index (χ0v) is 18.9. The molecular weight excluding hydrogens is 417 g/mol. The van der Waals surface area contributed by atoms with Gasteiger partial charge in [-0.3, -0.25) is 0 Å². The monoisotopic (exact) mass is 443 g/mol. The molecule has 0 radical (unpaired) electrons. The molecule has 31 heavy (non-hydrogen) atoms. The second kappa shape index (κ2) is 7.59. The number of para-hydroxylation sites is 1. The molecule has 5 rings (SSSR count). The summed E-state index contributed by atoms with van der Waals surface area (Å²) in [4.78, 5) is 7.13. The van der Waals surface area contributed by atoms with E-state index >= 15 is 0 Å². The van der Waals surface area contributed by atoms with Gasteiger partial charge < -0.3 is 18.9 Å². The second-order valence-corrected chi connectivity index (χ2v) is 8.82. The summed E-state index contributed by atoms with van der Waals surface area (Å²) in [5.41, 5.74) is 3.99. The first kappa shape index (κ1) is 20.4. The first-order chi connectivity index (χ1) is 14.9. The first-order valence-electron chi connectivity index (χ1n) is 11.1. The number of hydrogen-bond acceptors (Lipinski definition) is 4. The van der Waals surface area contributed by atoms with Gasteiger partial charge in [-0.05, 0) is 55.4 Å². The summed E-state index contributed by atoms with van der Waals surface area (Å²) in [7, 11) is 0. The molecule has 1 unspecified atom stereocenters. The number of aromatic nitrogens is 2. The Labute approximate surface area is 186 Å². The number of aryl methyl sites for hydroxylation is 1. The highest BCUT2D eigenvalue weighted by atomic mass is 35.5. The van der Waals surface area contributed by atoms with Crippen LogP contribution in [0.1, 0.15) is 57.9 Å². The van der Waals surface area contributed by atoms with Crippen LogP contribution in [-0.2, 0) is 6.54 Å². The van der Waals surface area contributed by atoms with Gasteiger partial charge in [0.25, 0.3) is 0 Å². The summed E-state index contributed by atoms with van der Waals surface area (Å²) in [6, 6.07) is 7.46. The molecular formula is C24H27ClFN3O2. The number of anilines is 2. The molecule has 0 bridgehead atoms. The van der Waals surface area contributed by atoms with Crippen LogP contribution in [0.4, 0.5) is 16.0 Å². The van der Waals surface area contributed by atoms with E-state index in [0.717, 1.165) is 61.4 Å². The fraction of sp³-hybridized carbons (Fsp3) is 0.458. The molecule has 2 aliphatic rings. The van der Waals surface area contributed by atoms with Gasteiger partial charge in [-0.15, -0.1) is 0 Å². The van der Waals surface area contributed by atoms with Crippen molar-refractivity contribution < 1.29 is 13.9 Å². The van der Waals surface area contributed by atoms with Crippen molar-refractivity contribution in [2.75, 3.05) is 11.4 Å². The summed E-state index contributed by atoms with van der Waals surface area (Å²) >= 11 is 6.62. The Hall–Kier alpha value is -2.47. The Bertz CT molecular complexity index is 1140. The zero-order valence-electron chi connectivity index (χ0n) is 18.1. The van der Waals surface area contributed by atoms with Crippen LogP contribution in [0.25, 0.3) is 11.0 Å². The molecule has 0 saturated heterocycles. The molecule has 7 heteroatoms. The maximum absolute atomic E-state index is 14.5. The highest BCUT2D eigenvalue weighted by Gasteiger charge is 2.40. The third-order valence-electron chi connectivity index (χ3n) is 6.36. The largest absolute Gasteiger partial charge is 0.423 e. The van der Waals surface area contributed by atoms with E-state index in [2.05, 4.69) is 29.4 Å². The average Bonchev–Trinajstić information content (AvgIpc) is 3.20. The highest BCUT2D eigenvalue weighted by Crippen LogP contribution is 2.49. The summed E-state index contributed by atoms with van der Waals surface area (Å²) in [5.74, 6) is 2.09. The van der Waals surface area contributed by atoms with Crippen molar-refractivity contribution in [3.8, 4) is 11.5 Å². The van der Waals surface area contributed by atoms with Crippen LogP contribution in [0.5, 0.6) is 11.5 Å². The van der Waals surface area contributed by atoms with Crippen LogP contribution in [0.3, 0.4) is 0 Å². The third-order valence-corrected chi connectivity index (χ3v) is 6.67. The van der Waals surface area contributed by atoms with Crippen LogP contribution in [0, 0.1) is 0 Å². The lowest BCUT2D eigenvalue weighted by Crippen LogP contribution is -2.28. The van der Waals surface area contributed by atoms with Gasteiger partial charge in [0.2, 0.25) is 5.95 Å². The van der Waals surface area contributed by atoms with E-state index in [-0.39, 0.29) is 0 Å². The quantitative estimate of drug-likeness (QED) is 0.437. The Kier molecular flexibility index (Phi) is 5.00. The molecule has 0 saturated carbocycles. The Morgan fingerprint density at radius 1 is 1.13 bits per heavy atom. The minimum Gasteiger partial charge on any atom is -0.423 e. The molecule has 3 aromatic rings. The van der Waals surface area contributed by atoms with Crippen molar-refractivity contribution in [2.24, 2.45) is 0 Å². The molecule has 164 valence electrons. The molecule has 3 heterocycles. The predicted octanol–water partition coefficient (Wildman–Crippen LogP) is 6.94. The fourth-order valence-corrected chi connectivity index (χ4v) is 5.06. The number of imidazole rings is 1. The van der Waals surface area contributed by atoms with E-state index in [1.54, 1.807) is 6.07 Å². The molecule has 0 aliphatic carbocycles. The Morgan fingerprint density at radius 2 is 1.90 bits per heavy atom. The van der Waals surface area contributed by atoms with E-state index in [0.29, 0.717) is 22.4 Å². The molecule has 0 amide bonds. The van der Waals surface area contributed by atoms with Gasteiger partial charge in [-0.2, -0.15) is 4.39 Å². The van der Waals surface area contributed by atoms with Crippen LogP contribution < -0.4 is 14.4 Å². The lowest BCUT2D eigenvalue weighted by Gasteiger charge is -2.24. The number of nitrogens with zero attached hydrogens (tertiary/aromatic N) is 3. The highest BCUT2D eigenvalue weighted by molar-refractivity contribution is 6.35. The second-order valence-electron chi connectivity index (χ2n) is 8.41. The maximum Gasteiger partial charge on any atom is 0.404 e. The molecule has 1 aromatic heterocycles. The number of rotatable bonds is 4. The zero-order chi connectivity index (χ0) is 21.8. The fourth-order valence-electron chi connectivity index (χ4n) is 4.86. The van der Waals surface area contributed by atoms with E-state index in [9.17, 15) is 4.39 Å². The normalized spacial score (nSPS) is 20.4. The van der Waals surface area contributed by atoms with Crippen molar-refractivity contribution in [3.63, 3.8) is 0 Å². The minimum absolute atomic E-state index is 0.408. The van der Waals surface area contributed by atoms with Gasteiger partial charge >= 0.3 is 6.04 Å². The van der Waals surface area contributed by atoms with Crippen LogP contribution >= 0.6 is 11.6 Å². The number of ether oxygens (including phenoxy) is 2. The number of halogens is 2. The van der Waals surface area contributed by atoms with Gasteiger partial charge in [0.1, 0.15) is 5.52 Å². The number of benzene rings is 2. The van der Waals surface area contributed by atoms with Crippen molar-refractivity contribution >= 4 is 34.3 Å². The summed E-state index contributed by atoms with van der Waals surface area (Å²) < 4.78 is 27.6. The maximum atomic E-state index is 14.5. The van der Waals surface area contributed by atoms with E-state index < -0.39 is 6.04 Å². The smallest absolute Gasteiger partial charge is 0.404 e. The van der Waals surface area contributed by atoms with Gasteiger partial charge in [-0.1, -0.05) is 37.6 Å². The van der Waals surface area contributed by atoms with Crippen molar-refractivity contribution in [1.29, 1.82) is 0 Å². The van der Waals surface area contributed by atoms with Crippen LogP contribution in [0.2, 0.25) is 5.02 Å². The first-order valence-corrected chi connectivity index (χ1v) is 11.5. The van der Waals surface area contributed by atoms with E-state index in [4.69, 9.17) is 26.1 Å². The van der Waals surface area contributed by atoms with Crippen LogP contribution in [-0.4, -0.2) is 22.1 Å². The summed E-state index contributed by atoms with van der Waals surface area (Å²) in [6.07, 6.45) is 4.13. The number of alkyl halides is 1. The minimum atomic E-state index is -2.17. The Balaban J connectivity index is 1.72. The van der Waals surface area contributed by atoms with Gasteiger partial charge in [0.05, 0.1) is 16.2 Å². The number of fused-ring (bicyclic) bond motifs is 4. The van der Waals surface area contributed by atoms with Crippen LogP contribution in [0.15, 0.2) is 30.3 Å². The van der Waals surface area contributed by atoms with Gasteiger partial charge in [0, 0.05) is 20.0 Å².